The zero-order chi connectivity index (χ0) is 9.19. The van der Waals surface area contributed by atoms with E-state index < -0.39 is 12.6 Å². The maximum absolute atomic E-state index is 11.8. The smallest absolute Gasteiger partial charge is 0.393 e. The van der Waals surface area contributed by atoms with E-state index in [2.05, 4.69) is 0 Å². The van der Waals surface area contributed by atoms with Crippen molar-refractivity contribution in [3.05, 3.63) is 29.8 Å². The topological polar surface area (TPSA) is 20.2 Å². The molecular weight excluding hydrogens is 169 g/mol. The minimum absolute atomic E-state index is 0.0718. The van der Waals surface area contributed by atoms with E-state index in [1.807, 2.05) is 0 Å². The van der Waals surface area contributed by atoms with Gasteiger partial charge in [-0.05, 0) is 17.7 Å². The van der Waals surface area contributed by atoms with Crippen molar-refractivity contribution < 1.29 is 18.3 Å². The van der Waals surface area contributed by atoms with Crippen molar-refractivity contribution in [1.29, 1.82) is 0 Å². The second-order valence-electron chi connectivity index (χ2n) is 2.46. The van der Waals surface area contributed by atoms with Gasteiger partial charge in [-0.3, -0.25) is 0 Å². The van der Waals surface area contributed by atoms with Crippen molar-refractivity contribution in [2.45, 2.75) is 12.6 Å². The van der Waals surface area contributed by atoms with E-state index in [4.69, 9.17) is 5.11 Å². The standard InChI is InChI=1S/C8H7F3O/c9-8(10,11)5-6-2-1-3-7(12)4-6/h1-4,12H,5H2. The van der Waals surface area contributed by atoms with E-state index >= 15 is 0 Å². The van der Waals surface area contributed by atoms with Gasteiger partial charge in [0.15, 0.2) is 0 Å². The second kappa shape index (κ2) is 3.05. The number of phenols is 1. The van der Waals surface area contributed by atoms with E-state index in [0.29, 0.717) is 0 Å². The third-order valence-corrected chi connectivity index (χ3v) is 1.32. The molecule has 1 rings (SSSR count). The zero-order valence-electron chi connectivity index (χ0n) is 6.10. The molecule has 0 fully saturated rings. The fourth-order valence-electron chi connectivity index (χ4n) is 0.898. The highest BCUT2D eigenvalue weighted by Gasteiger charge is 2.27. The van der Waals surface area contributed by atoms with E-state index in [0.717, 1.165) is 6.07 Å². The minimum atomic E-state index is -4.21. The first kappa shape index (κ1) is 8.90. The van der Waals surface area contributed by atoms with Gasteiger partial charge in [0.25, 0.3) is 0 Å². The molecule has 12 heavy (non-hydrogen) atoms. The van der Waals surface area contributed by atoms with Crippen LogP contribution in [0.2, 0.25) is 0 Å². The van der Waals surface area contributed by atoms with Crippen molar-refractivity contribution in [1.82, 2.24) is 0 Å². The molecule has 0 saturated heterocycles. The molecule has 1 N–H and O–H groups in total. The Balaban J connectivity index is 2.77. The summed E-state index contributed by atoms with van der Waals surface area (Å²) in [5.74, 6) is -0.142. The van der Waals surface area contributed by atoms with Gasteiger partial charge in [-0.1, -0.05) is 12.1 Å². The number of rotatable bonds is 1. The maximum Gasteiger partial charge on any atom is 0.393 e. The van der Waals surface area contributed by atoms with Crippen molar-refractivity contribution in [2.24, 2.45) is 0 Å². The number of halogens is 3. The van der Waals surface area contributed by atoms with Crippen LogP contribution in [0, 0.1) is 0 Å². The van der Waals surface area contributed by atoms with Crippen LogP contribution in [0.4, 0.5) is 13.2 Å². The van der Waals surface area contributed by atoms with Gasteiger partial charge in [0.05, 0.1) is 6.42 Å². The Kier molecular flexibility index (Phi) is 2.26. The number of phenolic OH excluding ortho intramolecular Hbond substituents is 1. The predicted molar refractivity (Wildman–Crippen MR) is 37.9 cm³/mol. The Morgan fingerprint density at radius 3 is 2.42 bits per heavy atom. The quantitative estimate of drug-likeness (QED) is 0.696. The first-order chi connectivity index (χ1) is 5.47. The molecule has 0 saturated carbocycles. The second-order valence-corrected chi connectivity index (χ2v) is 2.46. The third kappa shape index (κ3) is 2.82. The SMILES string of the molecule is Oc1cccc(CC(F)(F)F)c1. The van der Waals surface area contributed by atoms with Crippen molar-refractivity contribution in [2.75, 3.05) is 0 Å². The number of hydrogen-bond donors (Lipinski definition) is 1. The Morgan fingerprint density at radius 2 is 1.92 bits per heavy atom. The molecule has 0 aliphatic heterocycles. The average molecular weight is 176 g/mol. The molecule has 0 bridgehead atoms. The lowest BCUT2D eigenvalue weighted by atomic mass is 10.1. The van der Waals surface area contributed by atoms with Crippen molar-refractivity contribution >= 4 is 0 Å². The first-order valence-electron chi connectivity index (χ1n) is 3.32. The van der Waals surface area contributed by atoms with Crippen LogP contribution in [0.1, 0.15) is 5.56 Å². The Morgan fingerprint density at radius 1 is 1.25 bits per heavy atom. The van der Waals surface area contributed by atoms with Gasteiger partial charge in [-0.25, -0.2) is 0 Å². The third-order valence-electron chi connectivity index (χ3n) is 1.32. The first-order valence-corrected chi connectivity index (χ1v) is 3.32. The summed E-state index contributed by atoms with van der Waals surface area (Å²) in [7, 11) is 0. The average Bonchev–Trinajstić information content (AvgIpc) is 1.82. The Hall–Kier alpha value is -1.19. The normalized spacial score (nSPS) is 11.6. The summed E-state index contributed by atoms with van der Waals surface area (Å²) in [6.45, 7) is 0. The highest BCUT2D eigenvalue weighted by molar-refractivity contribution is 5.27. The predicted octanol–water partition coefficient (Wildman–Crippen LogP) is 2.50. The monoisotopic (exact) mass is 176 g/mol. The summed E-state index contributed by atoms with van der Waals surface area (Å²) in [5.41, 5.74) is 0.0718. The number of aromatic hydroxyl groups is 1. The number of benzene rings is 1. The van der Waals surface area contributed by atoms with Gasteiger partial charge in [-0.2, -0.15) is 13.2 Å². The molecule has 0 unspecified atom stereocenters. The molecule has 66 valence electrons. The van der Waals surface area contributed by atoms with Crippen LogP contribution < -0.4 is 0 Å². The van der Waals surface area contributed by atoms with Crippen LogP contribution >= 0.6 is 0 Å². The maximum atomic E-state index is 11.8. The van der Waals surface area contributed by atoms with Gasteiger partial charge in [0.1, 0.15) is 5.75 Å². The number of alkyl halides is 3. The van der Waals surface area contributed by atoms with Gasteiger partial charge >= 0.3 is 6.18 Å². The minimum Gasteiger partial charge on any atom is -0.508 e. The number of hydrogen-bond acceptors (Lipinski definition) is 1. The van der Waals surface area contributed by atoms with E-state index in [9.17, 15) is 13.2 Å². The van der Waals surface area contributed by atoms with Gasteiger partial charge in [-0.15, -0.1) is 0 Å². The largest absolute Gasteiger partial charge is 0.508 e. The molecule has 4 heteroatoms. The molecule has 0 aromatic heterocycles. The summed E-state index contributed by atoms with van der Waals surface area (Å²) in [6, 6.07) is 5.15. The lowest BCUT2D eigenvalue weighted by molar-refractivity contribution is -0.127. The fraction of sp³-hybridized carbons (Fsp3) is 0.250. The summed E-state index contributed by atoms with van der Waals surface area (Å²) in [4.78, 5) is 0. The highest BCUT2D eigenvalue weighted by Crippen LogP contribution is 2.22. The van der Waals surface area contributed by atoms with Crippen LogP contribution in [0.3, 0.4) is 0 Å². The van der Waals surface area contributed by atoms with Crippen LogP contribution in [-0.4, -0.2) is 11.3 Å². The van der Waals surface area contributed by atoms with E-state index in [-0.39, 0.29) is 11.3 Å². The van der Waals surface area contributed by atoms with Crippen LogP contribution in [0.5, 0.6) is 5.75 Å². The molecule has 1 aromatic rings. The molecule has 0 atom stereocenters. The van der Waals surface area contributed by atoms with Crippen molar-refractivity contribution in [3.63, 3.8) is 0 Å². The summed E-state index contributed by atoms with van der Waals surface area (Å²) < 4.78 is 35.4. The molecule has 0 radical (unpaired) electrons. The Labute approximate surface area is 67.5 Å². The van der Waals surface area contributed by atoms with Crippen LogP contribution in [-0.2, 0) is 6.42 Å². The Bertz CT molecular complexity index is 267. The molecule has 1 aromatic carbocycles. The molecule has 0 aliphatic rings. The lowest BCUT2D eigenvalue weighted by Gasteiger charge is -2.05. The molecule has 1 nitrogen and oxygen atoms in total. The molecule has 0 amide bonds. The van der Waals surface area contributed by atoms with Crippen molar-refractivity contribution in [3.8, 4) is 5.75 Å². The van der Waals surface area contributed by atoms with Gasteiger partial charge in [0.2, 0.25) is 0 Å². The van der Waals surface area contributed by atoms with E-state index in [1.54, 1.807) is 0 Å². The molecule has 0 aliphatic carbocycles. The zero-order valence-corrected chi connectivity index (χ0v) is 6.10. The van der Waals surface area contributed by atoms with Gasteiger partial charge < -0.3 is 5.11 Å². The lowest BCUT2D eigenvalue weighted by Crippen LogP contribution is -2.11. The summed E-state index contributed by atoms with van der Waals surface area (Å²) in [5, 5.41) is 8.84. The molecule has 0 heterocycles. The molecular formula is C8H7F3O. The fourth-order valence-corrected chi connectivity index (χ4v) is 0.898. The highest BCUT2D eigenvalue weighted by atomic mass is 19.4. The van der Waals surface area contributed by atoms with Crippen LogP contribution in [0.15, 0.2) is 24.3 Å². The molecule has 0 spiro atoms. The van der Waals surface area contributed by atoms with Crippen LogP contribution in [0.25, 0.3) is 0 Å². The summed E-state index contributed by atoms with van der Waals surface area (Å²) >= 11 is 0. The summed E-state index contributed by atoms with van der Waals surface area (Å²) in [6.07, 6.45) is -5.21. The van der Waals surface area contributed by atoms with E-state index in [1.165, 1.54) is 18.2 Å². The van der Waals surface area contributed by atoms with Gasteiger partial charge in [0, 0.05) is 0 Å².